The molecule has 1 aromatic carbocycles. The van der Waals surface area contributed by atoms with Crippen molar-refractivity contribution < 1.29 is 14.7 Å². The molecule has 5 heteroatoms. The van der Waals surface area contributed by atoms with Crippen LogP contribution < -0.4 is 10.6 Å². The average molecular weight is 292 g/mol. The molecule has 0 saturated carbocycles. The van der Waals surface area contributed by atoms with Crippen LogP contribution in [-0.4, -0.2) is 36.1 Å². The van der Waals surface area contributed by atoms with Crippen LogP contribution in [0.25, 0.3) is 0 Å². The fourth-order valence-electron chi connectivity index (χ4n) is 2.04. The van der Waals surface area contributed by atoms with Crippen LogP contribution in [0.15, 0.2) is 30.3 Å². The normalized spacial score (nSPS) is 13.3. The summed E-state index contributed by atoms with van der Waals surface area (Å²) in [6.45, 7) is 4.16. The summed E-state index contributed by atoms with van der Waals surface area (Å²) in [5.41, 5.74) is 0.918. The molecule has 2 atom stereocenters. The second kappa shape index (κ2) is 9.13. The van der Waals surface area contributed by atoms with E-state index in [0.717, 1.165) is 5.56 Å². The van der Waals surface area contributed by atoms with Gasteiger partial charge in [-0.25, -0.2) is 0 Å². The number of hydrogen-bond donors (Lipinski definition) is 3. The number of rotatable bonds is 8. The molecule has 0 aliphatic carbocycles. The van der Waals surface area contributed by atoms with Gasteiger partial charge in [0, 0.05) is 6.54 Å². The molecule has 0 radical (unpaired) electrons. The Hall–Kier alpha value is -1.88. The average Bonchev–Trinajstić information content (AvgIpc) is 2.43. The summed E-state index contributed by atoms with van der Waals surface area (Å²) in [4.78, 5) is 23.3. The van der Waals surface area contributed by atoms with E-state index in [-0.39, 0.29) is 36.8 Å². The van der Waals surface area contributed by atoms with E-state index >= 15 is 0 Å². The number of carbonyl (C=O) groups is 2. The van der Waals surface area contributed by atoms with E-state index in [1.165, 1.54) is 0 Å². The van der Waals surface area contributed by atoms with Gasteiger partial charge in [0.2, 0.25) is 11.8 Å². The van der Waals surface area contributed by atoms with Gasteiger partial charge in [0.25, 0.3) is 0 Å². The van der Waals surface area contributed by atoms with Gasteiger partial charge in [-0.05, 0) is 24.8 Å². The maximum Gasteiger partial charge on any atom is 0.239 e. The van der Waals surface area contributed by atoms with Gasteiger partial charge in [0.1, 0.15) is 0 Å². The van der Waals surface area contributed by atoms with Gasteiger partial charge in [-0.15, -0.1) is 0 Å². The van der Waals surface area contributed by atoms with Crippen molar-refractivity contribution in [3.63, 3.8) is 0 Å². The first-order valence-electron chi connectivity index (χ1n) is 7.22. The second-order valence-corrected chi connectivity index (χ2v) is 5.43. The minimum absolute atomic E-state index is 0.0208. The van der Waals surface area contributed by atoms with Crippen LogP contribution in [0.4, 0.5) is 0 Å². The Morgan fingerprint density at radius 3 is 2.38 bits per heavy atom. The number of benzene rings is 1. The number of hydrogen-bond acceptors (Lipinski definition) is 3. The lowest BCUT2D eigenvalue weighted by Crippen LogP contribution is -2.39. The van der Waals surface area contributed by atoms with E-state index in [4.69, 9.17) is 0 Å². The molecule has 2 unspecified atom stereocenters. The Morgan fingerprint density at radius 1 is 1.10 bits per heavy atom. The largest absolute Gasteiger partial charge is 0.393 e. The fourth-order valence-corrected chi connectivity index (χ4v) is 2.04. The highest BCUT2D eigenvalue weighted by Gasteiger charge is 2.09. The molecular weight excluding hydrogens is 268 g/mol. The summed E-state index contributed by atoms with van der Waals surface area (Å²) in [5, 5.41) is 14.6. The van der Waals surface area contributed by atoms with Crippen LogP contribution in [0.5, 0.6) is 0 Å². The van der Waals surface area contributed by atoms with Crippen molar-refractivity contribution in [3.05, 3.63) is 35.9 Å². The van der Waals surface area contributed by atoms with Crippen molar-refractivity contribution in [1.82, 2.24) is 10.6 Å². The topological polar surface area (TPSA) is 78.4 Å². The third kappa shape index (κ3) is 8.09. The molecule has 0 spiro atoms. The van der Waals surface area contributed by atoms with Gasteiger partial charge in [0.05, 0.1) is 19.1 Å². The monoisotopic (exact) mass is 292 g/mol. The molecule has 0 heterocycles. The predicted octanol–water partition coefficient (Wildman–Crippen LogP) is 0.869. The molecule has 0 aromatic heterocycles. The molecule has 21 heavy (non-hydrogen) atoms. The van der Waals surface area contributed by atoms with Crippen LogP contribution in [0.2, 0.25) is 0 Å². The lowest BCUT2D eigenvalue weighted by molar-refractivity contribution is -0.125. The van der Waals surface area contributed by atoms with Crippen molar-refractivity contribution in [2.24, 2.45) is 5.92 Å². The van der Waals surface area contributed by atoms with Crippen molar-refractivity contribution in [2.75, 3.05) is 13.1 Å². The van der Waals surface area contributed by atoms with E-state index < -0.39 is 0 Å². The van der Waals surface area contributed by atoms with E-state index in [2.05, 4.69) is 10.6 Å². The van der Waals surface area contributed by atoms with Gasteiger partial charge in [-0.3, -0.25) is 9.59 Å². The molecule has 0 bridgehead atoms. The van der Waals surface area contributed by atoms with Crippen LogP contribution in [0.3, 0.4) is 0 Å². The molecule has 116 valence electrons. The quantitative estimate of drug-likeness (QED) is 0.665. The van der Waals surface area contributed by atoms with Crippen LogP contribution >= 0.6 is 0 Å². The Bertz CT molecular complexity index is 446. The molecule has 0 aliphatic heterocycles. The standard InChI is InChI=1S/C16H24N2O3/c1-12(8-13(2)19)10-17-16(21)11-18-15(20)9-14-6-4-3-5-7-14/h3-7,12-13,19H,8-11H2,1-2H3,(H,17,21)(H,18,20). The number of aliphatic hydroxyl groups excluding tert-OH is 1. The smallest absolute Gasteiger partial charge is 0.239 e. The summed E-state index contributed by atoms with van der Waals surface area (Å²) in [5.74, 6) is -0.184. The number of aliphatic hydroxyl groups is 1. The Balaban J connectivity index is 2.19. The van der Waals surface area contributed by atoms with Gasteiger partial charge >= 0.3 is 0 Å². The fraction of sp³-hybridized carbons (Fsp3) is 0.500. The Kier molecular flexibility index (Phi) is 7.46. The van der Waals surface area contributed by atoms with E-state index in [1.807, 2.05) is 37.3 Å². The van der Waals surface area contributed by atoms with Crippen LogP contribution in [-0.2, 0) is 16.0 Å². The van der Waals surface area contributed by atoms with Crippen molar-refractivity contribution in [1.29, 1.82) is 0 Å². The molecule has 1 rings (SSSR count). The lowest BCUT2D eigenvalue weighted by atomic mass is 10.1. The van der Waals surface area contributed by atoms with Gasteiger partial charge in [0.15, 0.2) is 0 Å². The van der Waals surface area contributed by atoms with Gasteiger partial charge in [-0.1, -0.05) is 37.3 Å². The summed E-state index contributed by atoms with van der Waals surface area (Å²) in [6.07, 6.45) is 0.537. The highest BCUT2D eigenvalue weighted by Crippen LogP contribution is 2.03. The Labute approximate surface area is 125 Å². The Morgan fingerprint density at radius 2 is 1.76 bits per heavy atom. The molecule has 0 fully saturated rings. The molecular formula is C16H24N2O3. The zero-order valence-electron chi connectivity index (χ0n) is 12.6. The SMILES string of the molecule is CC(O)CC(C)CNC(=O)CNC(=O)Cc1ccccc1. The highest BCUT2D eigenvalue weighted by molar-refractivity contribution is 5.85. The van der Waals surface area contributed by atoms with Gasteiger partial charge < -0.3 is 15.7 Å². The van der Waals surface area contributed by atoms with Crippen molar-refractivity contribution in [3.8, 4) is 0 Å². The zero-order chi connectivity index (χ0) is 15.7. The molecule has 1 aromatic rings. The predicted molar refractivity (Wildman–Crippen MR) is 81.6 cm³/mol. The third-order valence-corrected chi connectivity index (χ3v) is 3.04. The number of carbonyl (C=O) groups excluding carboxylic acids is 2. The first kappa shape index (κ1) is 17.2. The second-order valence-electron chi connectivity index (χ2n) is 5.43. The first-order chi connectivity index (χ1) is 9.97. The van der Waals surface area contributed by atoms with E-state index in [1.54, 1.807) is 6.92 Å². The van der Waals surface area contributed by atoms with Crippen LogP contribution in [0.1, 0.15) is 25.8 Å². The van der Waals surface area contributed by atoms with Crippen molar-refractivity contribution in [2.45, 2.75) is 32.8 Å². The van der Waals surface area contributed by atoms with Crippen molar-refractivity contribution >= 4 is 11.8 Å². The maximum absolute atomic E-state index is 11.7. The molecule has 5 nitrogen and oxygen atoms in total. The molecule has 2 amide bonds. The lowest BCUT2D eigenvalue weighted by Gasteiger charge is -2.14. The van der Waals surface area contributed by atoms with E-state index in [0.29, 0.717) is 13.0 Å². The molecule has 0 aliphatic rings. The molecule has 3 N–H and O–H groups in total. The highest BCUT2D eigenvalue weighted by atomic mass is 16.3. The maximum atomic E-state index is 11.7. The first-order valence-corrected chi connectivity index (χ1v) is 7.22. The number of amides is 2. The summed E-state index contributed by atoms with van der Waals surface area (Å²) >= 11 is 0. The zero-order valence-corrected chi connectivity index (χ0v) is 12.6. The van der Waals surface area contributed by atoms with Gasteiger partial charge in [-0.2, -0.15) is 0 Å². The molecule has 0 saturated heterocycles. The minimum Gasteiger partial charge on any atom is -0.393 e. The number of nitrogens with one attached hydrogen (secondary N) is 2. The minimum atomic E-state index is -0.373. The summed E-state index contributed by atoms with van der Waals surface area (Å²) < 4.78 is 0. The summed E-state index contributed by atoms with van der Waals surface area (Å²) in [7, 11) is 0. The third-order valence-electron chi connectivity index (χ3n) is 3.04. The summed E-state index contributed by atoms with van der Waals surface area (Å²) in [6, 6.07) is 9.38. The van der Waals surface area contributed by atoms with E-state index in [9.17, 15) is 14.7 Å². The van der Waals surface area contributed by atoms with Crippen LogP contribution in [0, 0.1) is 5.92 Å².